The topological polar surface area (TPSA) is 38.9 Å². The summed E-state index contributed by atoms with van der Waals surface area (Å²) in [7, 11) is 0. The fraction of sp³-hybridized carbons (Fsp3) is 0.154. The largest absolute Gasteiger partial charge is 0.318 e. The second-order valence-corrected chi connectivity index (χ2v) is 5.00. The first-order valence-corrected chi connectivity index (χ1v) is 6.03. The van der Waals surface area contributed by atoms with Gasteiger partial charge in [-0.25, -0.2) is 4.39 Å². The Morgan fingerprint density at radius 2 is 2.00 bits per heavy atom. The van der Waals surface area contributed by atoms with Gasteiger partial charge in [0.1, 0.15) is 5.82 Å². The number of halogens is 3. The number of nitrogens with two attached hydrogens (primary N) is 1. The first kappa shape index (κ1) is 13.3. The predicted octanol–water partition coefficient (Wildman–Crippen LogP) is 3.75. The van der Waals surface area contributed by atoms with Crippen LogP contribution in [0.2, 0.25) is 10.0 Å². The third-order valence-corrected chi connectivity index (χ3v) is 3.43. The van der Waals surface area contributed by atoms with E-state index in [2.05, 4.69) is 4.98 Å². The fourth-order valence-electron chi connectivity index (χ4n) is 1.75. The summed E-state index contributed by atoms with van der Waals surface area (Å²) in [5.41, 5.74) is 6.53. The maximum absolute atomic E-state index is 13.5. The molecular formula is C13H11Cl2FN2. The Balaban J connectivity index is 2.58. The van der Waals surface area contributed by atoms with E-state index in [4.69, 9.17) is 28.9 Å². The normalized spacial score (nSPS) is 14.3. The van der Waals surface area contributed by atoms with Crippen molar-refractivity contribution in [1.82, 2.24) is 4.98 Å². The van der Waals surface area contributed by atoms with Gasteiger partial charge in [-0.2, -0.15) is 0 Å². The Hall–Kier alpha value is -1.16. The minimum atomic E-state index is -0.934. The van der Waals surface area contributed by atoms with Gasteiger partial charge in [0, 0.05) is 17.4 Å². The van der Waals surface area contributed by atoms with E-state index in [0.717, 1.165) is 5.56 Å². The van der Waals surface area contributed by atoms with Crippen LogP contribution in [0.15, 0.2) is 36.7 Å². The lowest BCUT2D eigenvalue weighted by molar-refractivity contribution is 0.580. The maximum Gasteiger partial charge on any atom is 0.142 e. The van der Waals surface area contributed by atoms with Crippen LogP contribution in [0.3, 0.4) is 0 Å². The summed E-state index contributed by atoms with van der Waals surface area (Å²) < 4.78 is 13.5. The predicted molar refractivity (Wildman–Crippen MR) is 71.3 cm³/mol. The third kappa shape index (κ3) is 2.34. The molecule has 1 unspecified atom stereocenters. The van der Waals surface area contributed by atoms with E-state index in [9.17, 15) is 4.39 Å². The van der Waals surface area contributed by atoms with E-state index in [1.807, 2.05) is 6.07 Å². The summed E-state index contributed by atoms with van der Waals surface area (Å²) >= 11 is 11.8. The zero-order valence-electron chi connectivity index (χ0n) is 9.62. The molecule has 0 spiro atoms. The van der Waals surface area contributed by atoms with Crippen molar-refractivity contribution in [3.63, 3.8) is 0 Å². The van der Waals surface area contributed by atoms with Crippen molar-refractivity contribution in [2.75, 3.05) is 0 Å². The Bertz CT molecular complexity index is 571. The standard InChI is InChI=1S/C13H11Cl2FN2/c1-13(17,8-3-2-4-18-7-8)9-5-12(16)11(15)6-10(9)14/h2-7H,17H2,1H3. The van der Waals surface area contributed by atoms with Gasteiger partial charge in [-0.15, -0.1) is 0 Å². The molecule has 0 aliphatic rings. The van der Waals surface area contributed by atoms with Crippen LogP contribution in [0.1, 0.15) is 18.1 Å². The molecule has 2 rings (SSSR count). The van der Waals surface area contributed by atoms with Crippen LogP contribution in [-0.2, 0) is 5.54 Å². The minimum absolute atomic E-state index is 0.0225. The van der Waals surface area contributed by atoms with Crippen molar-refractivity contribution in [3.05, 3.63) is 63.6 Å². The zero-order valence-corrected chi connectivity index (χ0v) is 11.1. The highest BCUT2D eigenvalue weighted by Gasteiger charge is 2.27. The van der Waals surface area contributed by atoms with E-state index in [0.29, 0.717) is 10.6 Å². The van der Waals surface area contributed by atoms with Crippen molar-refractivity contribution in [3.8, 4) is 0 Å². The summed E-state index contributed by atoms with van der Waals surface area (Å²) in [4.78, 5) is 4.00. The molecule has 0 radical (unpaired) electrons. The van der Waals surface area contributed by atoms with Crippen LogP contribution in [0.5, 0.6) is 0 Å². The van der Waals surface area contributed by atoms with Crippen LogP contribution >= 0.6 is 23.2 Å². The molecule has 0 aliphatic heterocycles. The molecule has 1 aromatic heterocycles. The molecule has 5 heteroatoms. The molecule has 18 heavy (non-hydrogen) atoms. The number of aromatic nitrogens is 1. The van der Waals surface area contributed by atoms with Crippen LogP contribution in [0, 0.1) is 5.82 Å². The molecule has 0 aliphatic carbocycles. The van der Waals surface area contributed by atoms with E-state index in [1.54, 1.807) is 25.4 Å². The highest BCUT2D eigenvalue weighted by molar-refractivity contribution is 6.35. The molecule has 0 amide bonds. The molecule has 0 saturated carbocycles. The third-order valence-electron chi connectivity index (χ3n) is 2.83. The SMILES string of the molecule is CC(N)(c1cccnc1)c1cc(F)c(Cl)cc1Cl. The first-order chi connectivity index (χ1) is 8.43. The van der Waals surface area contributed by atoms with Gasteiger partial charge in [-0.1, -0.05) is 29.3 Å². The quantitative estimate of drug-likeness (QED) is 0.853. The van der Waals surface area contributed by atoms with E-state index in [-0.39, 0.29) is 5.02 Å². The molecule has 94 valence electrons. The number of nitrogens with zero attached hydrogens (tertiary/aromatic N) is 1. The van der Waals surface area contributed by atoms with Gasteiger partial charge in [-0.3, -0.25) is 4.98 Å². The van der Waals surface area contributed by atoms with Crippen molar-refractivity contribution in [2.45, 2.75) is 12.5 Å². The average Bonchev–Trinajstić information content (AvgIpc) is 2.34. The highest BCUT2D eigenvalue weighted by atomic mass is 35.5. The molecule has 0 saturated heterocycles. The van der Waals surface area contributed by atoms with E-state index < -0.39 is 11.4 Å². The molecule has 2 N–H and O–H groups in total. The molecule has 2 aromatic rings. The Labute approximate surface area is 115 Å². The number of hydrogen-bond acceptors (Lipinski definition) is 2. The first-order valence-electron chi connectivity index (χ1n) is 5.27. The van der Waals surface area contributed by atoms with Gasteiger partial charge in [0.05, 0.1) is 10.6 Å². The summed E-state index contributed by atoms with van der Waals surface area (Å²) in [6, 6.07) is 6.20. The average molecular weight is 285 g/mol. The molecule has 1 aromatic carbocycles. The van der Waals surface area contributed by atoms with Gasteiger partial charge in [0.25, 0.3) is 0 Å². The van der Waals surface area contributed by atoms with Gasteiger partial charge in [0.15, 0.2) is 0 Å². The highest BCUT2D eigenvalue weighted by Crippen LogP contribution is 2.34. The van der Waals surface area contributed by atoms with Gasteiger partial charge in [0.2, 0.25) is 0 Å². The van der Waals surface area contributed by atoms with Crippen molar-refractivity contribution >= 4 is 23.2 Å². The minimum Gasteiger partial charge on any atom is -0.318 e. The summed E-state index contributed by atoms with van der Waals surface area (Å²) in [5.74, 6) is -0.545. The van der Waals surface area contributed by atoms with Gasteiger partial charge < -0.3 is 5.73 Å². The second kappa shape index (κ2) is 4.84. The number of rotatable bonds is 2. The van der Waals surface area contributed by atoms with Crippen molar-refractivity contribution < 1.29 is 4.39 Å². The van der Waals surface area contributed by atoms with Gasteiger partial charge >= 0.3 is 0 Å². The summed E-state index contributed by atoms with van der Waals surface area (Å²) in [5, 5.41) is 0.306. The molecule has 0 bridgehead atoms. The number of benzene rings is 1. The Morgan fingerprint density at radius 1 is 1.28 bits per heavy atom. The maximum atomic E-state index is 13.5. The molecule has 0 fully saturated rings. The summed E-state index contributed by atoms with van der Waals surface area (Å²) in [6.45, 7) is 1.75. The molecular weight excluding hydrogens is 274 g/mol. The van der Waals surface area contributed by atoms with Crippen LogP contribution in [0.4, 0.5) is 4.39 Å². The van der Waals surface area contributed by atoms with Crippen LogP contribution in [-0.4, -0.2) is 4.98 Å². The molecule has 1 atom stereocenters. The Morgan fingerprint density at radius 3 is 2.61 bits per heavy atom. The Kier molecular flexibility index (Phi) is 3.57. The fourth-order valence-corrected chi connectivity index (χ4v) is 2.33. The number of pyridine rings is 1. The van der Waals surface area contributed by atoms with E-state index >= 15 is 0 Å². The molecule has 2 nitrogen and oxygen atoms in total. The van der Waals surface area contributed by atoms with E-state index in [1.165, 1.54) is 12.1 Å². The monoisotopic (exact) mass is 284 g/mol. The molecule has 1 heterocycles. The lowest BCUT2D eigenvalue weighted by Gasteiger charge is -2.26. The van der Waals surface area contributed by atoms with Crippen LogP contribution in [0.25, 0.3) is 0 Å². The van der Waals surface area contributed by atoms with Crippen molar-refractivity contribution in [1.29, 1.82) is 0 Å². The summed E-state index contributed by atoms with van der Waals surface area (Å²) in [6.07, 6.45) is 3.27. The zero-order chi connectivity index (χ0) is 13.3. The smallest absolute Gasteiger partial charge is 0.142 e. The van der Waals surface area contributed by atoms with Gasteiger partial charge in [-0.05, 0) is 36.2 Å². The second-order valence-electron chi connectivity index (χ2n) is 4.19. The van der Waals surface area contributed by atoms with Crippen molar-refractivity contribution in [2.24, 2.45) is 5.73 Å². The lowest BCUT2D eigenvalue weighted by Crippen LogP contribution is -2.34. The van der Waals surface area contributed by atoms with Crippen LogP contribution < -0.4 is 5.73 Å². The lowest BCUT2D eigenvalue weighted by atomic mass is 9.86. The number of hydrogen-bond donors (Lipinski definition) is 1.